The summed E-state index contributed by atoms with van der Waals surface area (Å²) in [6.07, 6.45) is 7.13. The van der Waals surface area contributed by atoms with Crippen molar-refractivity contribution in [2.45, 2.75) is 187 Å². The van der Waals surface area contributed by atoms with E-state index in [2.05, 4.69) is 224 Å². The molecule has 2 heterocycles. The summed E-state index contributed by atoms with van der Waals surface area (Å²) < 4.78 is 0. The summed E-state index contributed by atoms with van der Waals surface area (Å²) >= 11 is 0. The Labute approximate surface area is 411 Å². The molecule has 0 spiro atoms. The van der Waals surface area contributed by atoms with Crippen LogP contribution in [0.2, 0.25) is 0 Å². The van der Waals surface area contributed by atoms with E-state index < -0.39 is 0 Å². The third-order valence-electron chi connectivity index (χ3n) is 18.5. The maximum Gasteiger partial charge on any atom is 0.252 e. The Morgan fingerprint density at radius 3 is 1.43 bits per heavy atom. The van der Waals surface area contributed by atoms with Crippen LogP contribution in [0, 0.1) is 6.92 Å². The minimum Gasteiger partial charge on any atom is -0.311 e. The van der Waals surface area contributed by atoms with Gasteiger partial charge in [0, 0.05) is 34.1 Å². The van der Waals surface area contributed by atoms with Gasteiger partial charge in [0.2, 0.25) is 0 Å². The first-order valence-electron chi connectivity index (χ1n) is 26.2. The Kier molecular flexibility index (Phi) is 9.70. The summed E-state index contributed by atoms with van der Waals surface area (Å²) in [5.74, 6) is 0. The predicted molar refractivity (Wildman–Crippen MR) is 295 cm³/mol. The number of anilines is 6. The fourth-order valence-electron chi connectivity index (χ4n) is 13.5. The van der Waals surface area contributed by atoms with Crippen LogP contribution in [0.3, 0.4) is 0 Å². The van der Waals surface area contributed by atoms with E-state index in [0.717, 1.165) is 0 Å². The number of aryl methyl sites for hydroxylation is 1. The summed E-state index contributed by atoms with van der Waals surface area (Å²) in [5, 5.41) is 0. The largest absolute Gasteiger partial charge is 0.311 e. The predicted octanol–water partition coefficient (Wildman–Crippen LogP) is 16.1. The first-order chi connectivity index (χ1) is 31.7. The number of hydrogen-bond donors (Lipinski definition) is 0. The maximum atomic E-state index is 2.77. The molecule has 11 rings (SSSR count). The van der Waals surface area contributed by atoms with Gasteiger partial charge in [0.15, 0.2) is 0 Å². The molecule has 350 valence electrons. The van der Waals surface area contributed by atoms with Crippen LogP contribution in [0.25, 0.3) is 11.1 Å². The van der Waals surface area contributed by atoms with Crippen molar-refractivity contribution < 1.29 is 0 Å². The van der Waals surface area contributed by atoms with Gasteiger partial charge in [-0.15, -0.1) is 0 Å². The summed E-state index contributed by atoms with van der Waals surface area (Å²) in [7, 11) is 0. The molecule has 5 aliphatic rings. The van der Waals surface area contributed by atoms with Crippen molar-refractivity contribution in [2.24, 2.45) is 0 Å². The molecule has 0 amide bonds. The van der Waals surface area contributed by atoms with E-state index in [4.69, 9.17) is 0 Å². The second-order valence-electron chi connectivity index (χ2n) is 27.1. The summed E-state index contributed by atoms with van der Waals surface area (Å²) in [6.45, 7) is 39.5. The molecule has 2 nitrogen and oxygen atoms in total. The zero-order valence-corrected chi connectivity index (χ0v) is 44.5. The lowest BCUT2D eigenvalue weighted by atomic mass is 9.33. The van der Waals surface area contributed by atoms with Crippen LogP contribution in [0.5, 0.6) is 0 Å². The second kappa shape index (κ2) is 14.5. The zero-order chi connectivity index (χ0) is 48.5. The highest BCUT2D eigenvalue weighted by Crippen LogP contribution is 2.55. The minimum atomic E-state index is -0.106. The van der Waals surface area contributed by atoms with Crippen molar-refractivity contribution >= 4 is 57.2 Å². The van der Waals surface area contributed by atoms with Crippen molar-refractivity contribution in [1.82, 2.24) is 0 Å². The topological polar surface area (TPSA) is 6.48 Å². The number of benzene rings is 6. The Bertz CT molecular complexity index is 3080. The average Bonchev–Trinajstić information content (AvgIpc) is 3.27. The number of fused-ring (bicyclic) bond motifs is 7. The molecule has 0 N–H and O–H groups in total. The van der Waals surface area contributed by atoms with E-state index in [9.17, 15) is 0 Å². The molecule has 0 saturated carbocycles. The van der Waals surface area contributed by atoms with Gasteiger partial charge in [0.1, 0.15) is 0 Å². The van der Waals surface area contributed by atoms with Crippen LogP contribution in [0.1, 0.15) is 187 Å². The zero-order valence-electron chi connectivity index (χ0n) is 44.5. The fourth-order valence-corrected chi connectivity index (χ4v) is 13.5. The Morgan fingerprint density at radius 1 is 0.397 bits per heavy atom. The summed E-state index contributed by atoms with van der Waals surface area (Å²) in [6, 6.07) is 41.9. The van der Waals surface area contributed by atoms with Gasteiger partial charge < -0.3 is 9.80 Å². The molecule has 0 bridgehead atoms. The van der Waals surface area contributed by atoms with E-state index in [1.807, 2.05) is 0 Å². The Balaban J connectivity index is 1.29. The molecule has 6 aromatic rings. The highest BCUT2D eigenvalue weighted by molar-refractivity contribution is 7.00. The molecule has 0 unspecified atom stereocenters. The molecule has 6 aromatic carbocycles. The summed E-state index contributed by atoms with van der Waals surface area (Å²) in [5.41, 5.74) is 26.8. The average molecular weight is 897 g/mol. The summed E-state index contributed by atoms with van der Waals surface area (Å²) in [4.78, 5) is 5.47. The lowest BCUT2D eigenvalue weighted by Crippen LogP contribution is -2.62. The van der Waals surface area contributed by atoms with Crippen LogP contribution in [0.15, 0.2) is 103 Å². The van der Waals surface area contributed by atoms with Gasteiger partial charge >= 0.3 is 0 Å². The molecule has 3 aliphatic carbocycles. The molecular weight excluding hydrogens is 820 g/mol. The van der Waals surface area contributed by atoms with Gasteiger partial charge in [0.05, 0.1) is 0 Å². The molecule has 68 heavy (non-hydrogen) atoms. The van der Waals surface area contributed by atoms with Gasteiger partial charge in [0.25, 0.3) is 6.71 Å². The lowest BCUT2D eigenvalue weighted by molar-refractivity contribution is 0.331. The van der Waals surface area contributed by atoms with Crippen LogP contribution in [-0.2, 0) is 37.9 Å². The smallest absolute Gasteiger partial charge is 0.252 e. The van der Waals surface area contributed by atoms with E-state index in [1.54, 1.807) is 0 Å². The molecule has 0 saturated heterocycles. The van der Waals surface area contributed by atoms with Crippen LogP contribution >= 0.6 is 0 Å². The first-order valence-corrected chi connectivity index (χ1v) is 26.2. The van der Waals surface area contributed by atoms with Gasteiger partial charge in [-0.05, 0) is 198 Å². The van der Waals surface area contributed by atoms with Crippen molar-refractivity contribution in [1.29, 1.82) is 0 Å². The molecule has 0 atom stereocenters. The van der Waals surface area contributed by atoms with E-state index in [-0.39, 0.29) is 44.6 Å². The van der Waals surface area contributed by atoms with E-state index in [1.165, 1.54) is 145 Å². The number of nitrogens with zero attached hydrogens (tertiary/aromatic N) is 2. The van der Waals surface area contributed by atoms with Crippen molar-refractivity contribution in [3.63, 3.8) is 0 Å². The van der Waals surface area contributed by atoms with E-state index in [0.29, 0.717) is 0 Å². The molecule has 0 radical (unpaired) electrons. The highest BCUT2D eigenvalue weighted by Gasteiger charge is 2.48. The normalized spacial score (nSPS) is 20.6. The SMILES string of the molecule is Cc1cc2c(cc1N1c3cc4c(cc3B3c5ccc(-c6ccccc6)cc5N(c5ccc6c(c5)C(C)(C)CCC6(C)C)c5cc(C(C)(C)C)cc1c53)C(C)(C)CCC4(C)C)C(C)(C)CCC2(C)C. The fraction of sp³-hybridized carbons (Fsp3) is 0.446. The number of rotatable bonds is 3. The Hall–Kier alpha value is -5.02. The van der Waals surface area contributed by atoms with Gasteiger partial charge in [-0.3, -0.25) is 0 Å². The molecule has 2 aliphatic heterocycles. The second-order valence-corrected chi connectivity index (χ2v) is 27.1. The minimum absolute atomic E-state index is 0.0452. The maximum absolute atomic E-state index is 2.77. The van der Waals surface area contributed by atoms with Gasteiger partial charge in [-0.1, -0.05) is 165 Å². The molecule has 0 fully saturated rings. The van der Waals surface area contributed by atoms with E-state index >= 15 is 0 Å². The molecule has 0 aromatic heterocycles. The van der Waals surface area contributed by atoms with Gasteiger partial charge in [-0.25, -0.2) is 0 Å². The van der Waals surface area contributed by atoms with Crippen LogP contribution in [0.4, 0.5) is 34.1 Å². The molecule has 3 heteroatoms. The lowest BCUT2D eigenvalue weighted by Gasteiger charge is -2.49. The third kappa shape index (κ3) is 6.77. The van der Waals surface area contributed by atoms with Crippen molar-refractivity contribution in [3.8, 4) is 11.1 Å². The van der Waals surface area contributed by atoms with Crippen LogP contribution < -0.4 is 26.2 Å². The monoisotopic (exact) mass is 897 g/mol. The van der Waals surface area contributed by atoms with Crippen molar-refractivity contribution in [3.05, 3.63) is 148 Å². The van der Waals surface area contributed by atoms with Crippen LogP contribution in [-0.4, -0.2) is 6.71 Å². The van der Waals surface area contributed by atoms with Crippen molar-refractivity contribution in [2.75, 3.05) is 9.80 Å². The Morgan fingerprint density at radius 2 is 0.868 bits per heavy atom. The third-order valence-corrected chi connectivity index (χ3v) is 18.5. The first kappa shape index (κ1) is 45.4. The molecular formula is C65H77BN2. The van der Waals surface area contributed by atoms with Gasteiger partial charge in [-0.2, -0.15) is 0 Å². The number of hydrogen-bond acceptors (Lipinski definition) is 2. The highest BCUT2D eigenvalue weighted by atomic mass is 15.2. The quantitative estimate of drug-likeness (QED) is 0.163. The standard InChI is InChI=1S/C65H77BN2/c1-40-32-46-49(64(13,14)30-28-61(46,7)8)38-53(40)68-55-39-50-48(63(11,12)29-31-65(50,15)16)37-52(55)66-51-25-22-42(41-20-18-17-19-21-41)33-54(51)67(56-34-43(59(2,3)4)35-57(68)58(56)66)44-23-24-45-47(36-44)62(9,10)27-26-60(45,5)6/h17-25,32-39H,26-31H2,1-16H3.